The molecule has 0 spiro atoms. The molecule has 0 bridgehead atoms. The molecule has 0 fully saturated rings. The van der Waals surface area contributed by atoms with Gasteiger partial charge in [-0.2, -0.15) is 0 Å². The third-order valence-corrected chi connectivity index (χ3v) is 7.22. The number of hydrogen-bond donors (Lipinski definition) is 2. The van der Waals surface area contributed by atoms with E-state index in [9.17, 15) is 14.4 Å². The summed E-state index contributed by atoms with van der Waals surface area (Å²) in [6.45, 7) is 3.71. The molecule has 2 aromatic carbocycles. The van der Waals surface area contributed by atoms with Crippen LogP contribution in [0.4, 0.5) is 4.79 Å². The minimum Gasteiger partial charge on any atom is -0.481 e. The Bertz CT molecular complexity index is 1230. The van der Waals surface area contributed by atoms with Crippen molar-refractivity contribution in [2.45, 2.75) is 26.3 Å². The van der Waals surface area contributed by atoms with Gasteiger partial charge in [-0.05, 0) is 29.2 Å². The summed E-state index contributed by atoms with van der Waals surface area (Å²) in [4.78, 5) is 42.4. The molecule has 1 aliphatic rings. The Morgan fingerprint density at radius 2 is 1.71 bits per heavy atom. The maximum Gasteiger partial charge on any atom is 0.407 e. The topological polar surface area (TPSA) is 109 Å². The average molecular weight is 494 g/mol. The number of aryl methyl sites for hydroxylation is 1. The lowest BCUT2D eigenvalue weighted by Crippen LogP contribution is -2.33. The van der Waals surface area contributed by atoms with E-state index in [0.717, 1.165) is 22.3 Å². The SMILES string of the molecule is Cc1nc(CNC(=O)OCC2c3ccccc3-c3ccccc32)sc1C(=O)N(C)CC(C)C(=O)O. The molecular formula is C26H27N3O5S. The number of aromatic nitrogens is 1. The fourth-order valence-corrected chi connectivity index (χ4v) is 5.27. The maximum atomic E-state index is 12.7. The fourth-order valence-electron chi connectivity index (χ4n) is 4.27. The maximum absolute atomic E-state index is 12.7. The van der Waals surface area contributed by atoms with Crippen molar-refractivity contribution in [3.63, 3.8) is 0 Å². The van der Waals surface area contributed by atoms with Crippen molar-refractivity contribution < 1.29 is 24.2 Å². The molecule has 1 heterocycles. The highest BCUT2D eigenvalue weighted by Crippen LogP contribution is 2.44. The molecule has 8 nitrogen and oxygen atoms in total. The summed E-state index contributed by atoms with van der Waals surface area (Å²) in [5.74, 6) is -1.95. The minimum atomic E-state index is -0.960. The van der Waals surface area contributed by atoms with Crippen molar-refractivity contribution in [3.8, 4) is 11.1 Å². The Hall–Kier alpha value is -3.72. The third-order valence-electron chi connectivity index (χ3n) is 6.08. The second kappa shape index (κ2) is 10.3. The van der Waals surface area contributed by atoms with E-state index in [1.54, 1.807) is 20.9 Å². The van der Waals surface area contributed by atoms with Crippen molar-refractivity contribution >= 4 is 29.3 Å². The lowest BCUT2D eigenvalue weighted by Gasteiger charge is -2.18. The van der Waals surface area contributed by atoms with Crippen molar-refractivity contribution in [1.29, 1.82) is 0 Å². The molecule has 182 valence electrons. The molecule has 0 saturated carbocycles. The molecule has 1 atom stereocenters. The van der Waals surface area contributed by atoms with Gasteiger partial charge in [0.25, 0.3) is 5.91 Å². The van der Waals surface area contributed by atoms with Gasteiger partial charge in [0.05, 0.1) is 18.2 Å². The highest BCUT2D eigenvalue weighted by molar-refractivity contribution is 7.13. The van der Waals surface area contributed by atoms with Gasteiger partial charge < -0.3 is 20.1 Å². The third kappa shape index (κ3) is 5.19. The molecule has 0 radical (unpaired) electrons. The zero-order valence-corrected chi connectivity index (χ0v) is 20.6. The number of aliphatic carboxylic acids is 1. The number of nitrogens with one attached hydrogen (secondary N) is 1. The van der Waals surface area contributed by atoms with Crippen molar-refractivity contribution in [2.75, 3.05) is 20.2 Å². The normalized spacial score (nSPS) is 13.0. The van der Waals surface area contributed by atoms with Gasteiger partial charge in [-0.1, -0.05) is 55.5 Å². The standard InChI is InChI=1S/C26H27N3O5S/c1-15(25(31)32)13-29(3)24(30)23-16(2)28-22(35-23)12-27-26(33)34-14-21-19-10-6-4-8-17(19)18-9-5-7-11-20(18)21/h4-11,15,21H,12-14H2,1-3H3,(H,27,33)(H,31,32). The first-order valence-electron chi connectivity index (χ1n) is 11.3. The Morgan fingerprint density at radius 1 is 1.11 bits per heavy atom. The van der Waals surface area contributed by atoms with E-state index in [4.69, 9.17) is 9.84 Å². The van der Waals surface area contributed by atoms with Crippen LogP contribution in [0, 0.1) is 12.8 Å². The molecule has 1 unspecified atom stereocenters. The summed E-state index contributed by atoms with van der Waals surface area (Å²) >= 11 is 1.18. The summed E-state index contributed by atoms with van der Waals surface area (Å²) in [5, 5.41) is 12.4. The van der Waals surface area contributed by atoms with E-state index in [0.29, 0.717) is 15.6 Å². The van der Waals surface area contributed by atoms with Crippen molar-refractivity contribution in [2.24, 2.45) is 5.92 Å². The number of fused-ring (bicyclic) bond motifs is 3. The number of benzene rings is 2. The molecule has 35 heavy (non-hydrogen) atoms. The zero-order chi connectivity index (χ0) is 25.1. The fraction of sp³-hybridized carbons (Fsp3) is 0.308. The van der Waals surface area contributed by atoms with E-state index in [2.05, 4.69) is 34.6 Å². The number of carboxylic acid groups (broad SMARTS) is 1. The van der Waals surface area contributed by atoms with E-state index >= 15 is 0 Å². The lowest BCUT2D eigenvalue weighted by atomic mass is 9.98. The smallest absolute Gasteiger partial charge is 0.407 e. The first kappa shape index (κ1) is 24.4. The van der Waals surface area contributed by atoms with Crippen molar-refractivity contribution in [3.05, 3.63) is 75.2 Å². The monoisotopic (exact) mass is 493 g/mol. The highest BCUT2D eigenvalue weighted by Gasteiger charge is 2.29. The van der Waals surface area contributed by atoms with E-state index in [-0.39, 0.29) is 31.5 Å². The summed E-state index contributed by atoms with van der Waals surface area (Å²) in [5.41, 5.74) is 5.15. The summed E-state index contributed by atoms with van der Waals surface area (Å²) in [6.07, 6.45) is -0.556. The van der Waals surface area contributed by atoms with Crippen LogP contribution in [0.2, 0.25) is 0 Å². The molecule has 0 aliphatic heterocycles. The zero-order valence-electron chi connectivity index (χ0n) is 19.8. The number of ether oxygens (including phenoxy) is 1. The molecule has 2 N–H and O–H groups in total. The van der Waals surface area contributed by atoms with Gasteiger partial charge in [-0.25, -0.2) is 9.78 Å². The van der Waals surface area contributed by atoms with Crippen molar-refractivity contribution in [1.82, 2.24) is 15.2 Å². The summed E-state index contributed by atoms with van der Waals surface area (Å²) < 4.78 is 5.55. The molecule has 9 heteroatoms. The molecule has 2 amide bonds. The molecule has 4 rings (SSSR count). The van der Waals surface area contributed by atoms with Gasteiger partial charge in [0.1, 0.15) is 16.5 Å². The van der Waals surface area contributed by atoms with Gasteiger partial charge in [0.15, 0.2) is 0 Å². The van der Waals surface area contributed by atoms with Gasteiger partial charge in [0.2, 0.25) is 0 Å². The quantitative estimate of drug-likeness (QED) is 0.485. The number of thiazole rings is 1. The van der Waals surface area contributed by atoms with E-state index in [1.807, 2.05) is 24.3 Å². The number of carboxylic acids is 1. The number of rotatable bonds is 8. The molecule has 3 aromatic rings. The number of amides is 2. The van der Waals surface area contributed by atoms with Gasteiger partial charge >= 0.3 is 12.1 Å². The summed E-state index contributed by atoms with van der Waals surface area (Å²) in [6, 6.07) is 16.3. The number of hydrogen-bond acceptors (Lipinski definition) is 6. The van der Waals surface area contributed by atoms with E-state index in [1.165, 1.54) is 16.2 Å². The lowest BCUT2D eigenvalue weighted by molar-refractivity contribution is -0.141. The summed E-state index contributed by atoms with van der Waals surface area (Å²) in [7, 11) is 1.57. The molecule has 0 saturated heterocycles. The first-order chi connectivity index (χ1) is 16.8. The molecule has 1 aromatic heterocycles. The minimum absolute atomic E-state index is 0.0248. The van der Waals surface area contributed by atoms with E-state index < -0.39 is 18.0 Å². The number of carbonyl (C=O) groups excluding carboxylic acids is 2. The van der Waals surface area contributed by atoms with Crippen LogP contribution in [0.1, 0.15) is 44.3 Å². The van der Waals surface area contributed by atoms with Gasteiger partial charge in [-0.15, -0.1) is 11.3 Å². The second-order valence-electron chi connectivity index (χ2n) is 8.63. The van der Waals surface area contributed by atoms with Crippen LogP contribution < -0.4 is 5.32 Å². The molecular weight excluding hydrogens is 466 g/mol. The second-order valence-corrected chi connectivity index (χ2v) is 9.71. The Morgan fingerprint density at radius 3 is 2.31 bits per heavy atom. The van der Waals surface area contributed by atoms with Gasteiger partial charge in [0, 0.05) is 19.5 Å². The Labute approximate surface area is 207 Å². The Kier molecular flexibility index (Phi) is 7.16. The number of alkyl carbamates (subject to hydrolysis) is 1. The van der Waals surface area contributed by atoms with Gasteiger partial charge in [-0.3, -0.25) is 9.59 Å². The van der Waals surface area contributed by atoms with Crippen LogP contribution in [0.25, 0.3) is 11.1 Å². The largest absolute Gasteiger partial charge is 0.481 e. The average Bonchev–Trinajstić information content (AvgIpc) is 3.38. The van der Waals surface area contributed by atoms with Crippen LogP contribution in [-0.4, -0.2) is 53.2 Å². The number of nitrogens with zero attached hydrogens (tertiary/aromatic N) is 2. The van der Waals surface area contributed by atoms with Crippen LogP contribution >= 0.6 is 11.3 Å². The van der Waals surface area contributed by atoms with Crippen LogP contribution in [-0.2, 0) is 16.1 Å². The Balaban J connectivity index is 1.34. The number of carbonyl (C=O) groups is 3. The van der Waals surface area contributed by atoms with Crippen LogP contribution in [0.15, 0.2) is 48.5 Å². The molecule has 1 aliphatic carbocycles. The predicted molar refractivity (Wildman–Crippen MR) is 133 cm³/mol. The first-order valence-corrected chi connectivity index (χ1v) is 12.1. The van der Waals surface area contributed by atoms with Crippen LogP contribution in [0.3, 0.4) is 0 Å². The predicted octanol–water partition coefficient (Wildman–Crippen LogP) is 4.28. The highest BCUT2D eigenvalue weighted by atomic mass is 32.1. The van der Waals surface area contributed by atoms with Crippen LogP contribution in [0.5, 0.6) is 0 Å².